The number of benzene rings is 3. The van der Waals surface area contributed by atoms with Crippen molar-refractivity contribution in [2.75, 3.05) is 19.5 Å². The molecular weight excluding hydrogens is 477 g/mol. The van der Waals surface area contributed by atoms with E-state index >= 15 is 0 Å². The number of anilines is 1. The fourth-order valence-electron chi connectivity index (χ4n) is 4.58. The maximum atomic E-state index is 14.0. The largest absolute Gasteiger partial charge is 0.493 e. The van der Waals surface area contributed by atoms with E-state index < -0.39 is 5.97 Å². The van der Waals surface area contributed by atoms with Gasteiger partial charge >= 0.3 is 5.97 Å². The Hall–Kier alpha value is -3.06. The minimum Gasteiger partial charge on any atom is -0.493 e. The van der Waals surface area contributed by atoms with Crippen molar-refractivity contribution in [1.29, 1.82) is 0 Å². The average Bonchev–Trinajstić information content (AvgIpc) is 2.77. The SMILES string of the molecule is COc1ccc([C@@H]2c3cc(Br)cc(C(=O)O)c3N[C@@H](c3cccc(F)c3)[C@H]2C)cc1OC. The number of nitrogens with one attached hydrogen (secondary N) is 1. The molecule has 7 heteroatoms. The average molecular weight is 500 g/mol. The third-order valence-electron chi connectivity index (χ3n) is 6.03. The lowest BCUT2D eigenvalue weighted by molar-refractivity contribution is 0.0697. The predicted octanol–water partition coefficient (Wildman–Crippen LogP) is 6.24. The Kier molecular flexibility index (Phi) is 6.11. The molecule has 3 aromatic rings. The van der Waals surface area contributed by atoms with Crippen molar-refractivity contribution in [3.05, 3.63) is 87.1 Å². The van der Waals surface area contributed by atoms with E-state index in [1.165, 1.54) is 12.1 Å². The molecule has 0 spiro atoms. The van der Waals surface area contributed by atoms with Crippen molar-refractivity contribution in [2.24, 2.45) is 5.92 Å². The number of carboxylic acids is 1. The monoisotopic (exact) mass is 499 g/mol. The van der Waals surface area contributed by atoms with Gasteiger partial charge in [-0.05, 0) is 59.0 Å². The molecule has 1 heterocycles. The third kappa shape index (κ3) is 3.93. The number of ether oxygens (including phenoxy) is 2. The number of fused-ring (bicyclic) bond motifs is 1. The molecule has 0 aliphatic carbocycles. The zero-order chi connectivity index (χ0) is 23.0. The maximum Gasteiger partial charge on any atom is 0.337 e. The molecule has 0 saturated heterocycles. The first-order valence-electron chi connectivity index (χ1n) is 10.1. The molecule has 0 fully saturated rings. The predicted molar refractivity (Wildman–Crippen MR) is 124 cm³/mol. The molecular formula is C25H23BrFNO4. The van der Waals surface area contributed by atoms with Gasteiger partial charge in [-0.2, -0.15) is 0 Å². The Labute approximate surface area is 194 Å². The second-order valence-corrected chi connectivity index (χ2v) is 8.77. The molecule has 1 aliphatic rings. The fraction of sp³-hybridized carbons (Fsp3) is 0.240. The molecule has 0 saturated carbocycles. The Morgan fingerprint density at radius 2 is 1.78 bits per heavy atom. The molecule has 2 N–H and O–H groups in total. The summed E-state index contributed by atoms with van der Waals surface area (Å²) in [5, 5.41) is 13.3. The molecule has 0 aromatic heterocycles. The van der Waals surface area contributed by atoms with E-state index in [0.29, 0.717) is 21.7 Å². The number of halogens is 2. The number of methoxy groups -OCH3 is 2. The highest BCUT2D eigenvalue weighted by atomic mass is 79.9. The lowest BCUT2D eigenvalue weighted by Crippen LogP contribution is -2.32. The first-order valence-corrected chi connectivity index (χ1v) is 10.9. The summed E-state index contributed by atoms with van der Waals surface area (Å²) < 4.78 is 25.6. The van der Waals surface area contributed by atoms with Crippen LogP contribution in [0, 0.1) is 11.7 Å². The van der Waals surface area contributed by atoms with Crippen LogP contribution in [0.25, 0.3) is 0 Å². The summed E-state index contributed by atoms with van der Waals surface area (Å²) in [6.07, 6.45) is 0. The smallest absolute Gasteiger partial charge is 0.337 e. The molecule has 0 unspecified atom stereocenters. The molecule has 3 atom stereocenters. The number of hydrogen-bond donors (Lipinski definition) is 2. The lowest BCUT2D eigenvalue weighted by atomic mass is 9.72. The Morgan fingerprint density at radius 1 is 1.03 bits per heavy atom. The first kappa shape index (κ1) is 22.1. The van der Waals surface area contributed by atoms with Gasteiger partial charge in [0, 0.05) is 10.4 Å². The van der Waals surface area contributed by atoms with Gasteiger partial charge in [-0.25, -0.2) is 9.18 Å². The van der Waals surface area contributed by atoms with Crippen LogP contribution in [0.5, 0.6) is 11.5 Å². The van der Waals surface area contributed by atoms with E-state index in [2.05, 4.69) is 28.2 Å². The van der Waals surface area contributed by atoms with Gasteiger partial charge < -0.3 is 19.9 Å². The van der Waals surface area contributed by atoms with Gasteiger partial charge in [-0.15, -0.1) is 0 Å². The van der Waals surface area contributed by atoms with Gasteiger partial charge in [-0.1, -0.05) is 41.1 Å². The minimum atomic E-state index is -1.03. The van der Waals surface area contributed by atoms with Crippen molar-refractivity contribution in [2.45, 2.75) is 18.9 Å². The van der Waals surface area contributed by atoms with E-state index in [9.17, 15) is 14.3 Å². The van der Waals surface area contributed by atoms with Crippen molar-refractivity contribution in [1.82, 2.24) is 0 Å². The quantitative estimate of drug-likeness (QED) is 0.434. The van der Waals surface area contributed by atoms with E-state index in [4.69, 9.17) is 9.47 Å². The normalized spacial score (nSPS) is 19.6. The van der Waals surface area contributed by atoms with Gasteiger partial charge in [0.05, 0.1) is 31.5 Å². The number of carboxylic acid groups (broad SMARTS) is 1. The number of aromatic carboxylic acids is 1. The minimum absolute atomic E-state index is 0.0293. The van der Waals surface area contributed by atoms with E-state index in [1.807, 2.05) is 30.3 Å². The van der Waals surface area contributed by atoms with Crippen LogP contribution in [0.4, 0.5) is 10.1 Å². The van der Waals surface area contributed by atoms with Gasteiger partial charge in [0.25, 0.3) is 0 Å². The van der Waals surface area contributed by atoms with E-state index in [0.717, 1.165) is 16.7 Å². The standard InChI is InChI=1S/C25H23BrFNO4/c1-13-22(14-7-8-20(31-2)21(10-14)32-3)18-11-16(26)12-19(25(29)30)24(18)28-23(13)15-5-4-6-17(27)9-15/h4-13,22-23,28H,1-3H3,(H,29,30)/t13-,22+,23+/m0/s1. The number of carbonyl (C=O) groups is 1. The van der Waals surface area contributed by atoms with Crippen LogP contribution in [0.15, 0.2) is 59.1 Å². The van der Waals surface area contributed by atoms with Crippen molar-refractivity contribution in [3.8, 4) is 11.5 Å². The zero-order valence-corrected chi connectivity index (χ0v) is 19.4. The van der Waals surface area contributed by atoms with Crippen LogP contribution in [0.2, 0.25) is 0 Å². The topological polar surface area (TPSA) is 67.8 Å². The Balaban J connectivity index is 1.95. The fourth-order valence-corrected chi connectivity index (χ4v) is 5.06. The molecule has 4 rings (SSSR count). The highest BCUT2D eigenvalue weighted by molar-refractivity contribution is 9.10. The van der Waals surface area contributed by atoms with Gasteiger partial charge in [0.1, 0.15) is 5.82 Å². The van der Waals surface area contributed by atoms with Crippen molar-refractivity contribution < 1.29 is 23.8 Å². The molecule has 3 aromatic carbocycles. The van der Waals surface area contributed by atoms with Crippen molar-refractivity contribution >= 4 is 27.6 Å². The molecule has 0 bridgehead atoms. The Morgan fingerprint density at radius 3 is 2.44 bits per heavy atom. The summed E-state index contributed by atoms with van der Waals surface area (Å²) >= 11 is 3.46. The van der Waals surface area contributed by atoms with Crippen LogP contribution in [0.3, 0.4) is 0 Å². The lowest BCUT2D eigenvalue weighted by Gasteiger charge is -2.40. The van der Waals surface area contributed by atoms with Gasteiger partial charge in [-0.3, -0.25) is 0 Å². The van der Waals surface area contributed by atoms with Gasteiger partial charge in [0.2, 0.25) is 0 Å². The summed E-state index contributed by atoms with van der Waals surface area (Å²) in [5.74, 6) is -0.366. The third-order valence-corrected chi connectivity index (χ3v) is 6.48. The molecule has 32 heavy (non-hydrogen) atoms. The Bertz CT molecular complexity index is 1180. The van der Waals surface area contributed by atoms with Gasteiger partial charge in [0.15, 0.2) is 11.5 Å². The highest BCUT2D eigenvalue weighted by Gasteiger charge is 2.38. The summed E-state index contributed by atoms with van der Waals surface area (Å²) in [5.41, 5.74) is 3.26. The maximum absolute atomic E-state index is 14.0. The summed E-state index contributed by atoms with van der Waals surface area (Å²) in [6.45, 7) is 2.08. The molecule has 166 valence electrons. The second-order valence-electron chi connectivity index (χ2n) is 7.85. The molecule has 5 nitrogen and oxygen atoms in total. The summed E-state index contributed by atoms with van der Waals surface area (Å²) in [6, 6.07) is 15.4. The summed E-state index contributed by atoms with van der Waals surface area (Å²) in [4.78, 5) is 12.1. The number of hydrogen-bond acceptors (Lipinski definition) is 4. The molecule has 0 radical (unpaired) electrons. The molecule has 1 aliphatic heterocycles. The van der Waals surface area contributed by atoms with E-state index in [-0.39, 0.29) is 29.3 Å². The van der Waals surface area contributed by atoms with E-state index in [1.54, 1.807) is 26.4 Å². The van der Waals surface area contributed by atoms with Crippen LogP contribution in [-0.4, -0.2) is 25.3 Å². The van der Waals surface area contributed by atoms with Crippen LogP contribution in [-0.2, 0) is 0 Å². The summed E-state index contributed by atoms with van der Waals surface area (Å²) in [7, 11) is 3.16. The second kappa shape index (κ2) is 8.82. The molecule has 0 amide bonds. The first-order chi connectivity index (χ1) is 15.3. The van der Waals surface area contributed by atoms with Crippen LogP contribution in [0.1, 0.15) is 45.9 Å². The van der Waals surface area contributed by atoms with Crippen LogP contribution < -0.4 is 14.8 Å². The highest BCUT2D eigenvalue weighted by Crippen LogP contribution is 2.50. The number of rotatable bonds is 5. The zero-order valence-electron chi connectivity index (χ0n) is 17.9. The van der Waals surface area contributed by atoms with Crippen LogP contribution >= 0.6 is 15.9 Å². The van der Waals surface area contributed by atoms with Crippen molar-refractivity contribution in [3.63, 3.8) is 0 Å².